The monoisotopic (exact) mass is 220 g/mol. The quantitative estimate of drug-likeness (QED) is 0.739. The number of benzene rings is 1. The lowest BCUT2D eigenvalue weighted by molar-refractivity contribution is 0.416. The van der Waals surface area contributed by atoms with Crippen molar-refractivity contribution in [3.8, 4) is 5.75 Å². The Morgan fingerprint density at radius 3 is 2.73 bits per heavy atom. The van der Waals surface area contributed by atoms with Crippen LogP contribution < -0.4 is 10.2 Å². The van der Waals surface area contributed by atoms with Crippen molar-refractivity contribution in [2.45, 2.75) is 0 Å². The summed E-state index contributed by atoms with van der Waals surface area (Å²) in [6.07, 6.45) is 0. The second-order valence-electron chi connectivity index (χ2n) is 3.15. The van der Waals surface area contributed by atoms with Crippen LogP contribution in [0.25, 0.3) is 10.8 Å². The van der Waals surface area contributed by atoms with Crippen LogP contribution in [0, 0.1) is 0 Å². The SMILES string of the molecule is COc1c(=O)cccc2ccc(Cl)cc12. The highest BCUT2D eigenvalue weighted by atomic mass is 35.5. The molecule has 0 bridgehead atoms. The van der Waals surface area contributed by atoms with Crippen molar-refractivity contribution in [2.24, 2.45) is 0 Å². The van der Waals surface area contributed by atoms with Gasteiger partial charge in [-0.15, -0.1) is 0 Å². The molecule has 0 aromatic heterocycles. The van der Waals surface area contributed by atoms with E-state index >= 15 is 0 Å². The molecule has 0 amide bonds. The van der Waals surface area contributed by atoms with Gasteiger partial charge in [0.2, 0.25) is 5.43 Å². The van der Waals surface area contributed by atoms with Gasteiger partial charge in [-0.2, -0.15) is 0 Å². The fraction of sp³-hybridized carbons (Fsp3) is 0.0833. The summed E-state index contributed by atoms with van der Waals surface area (Å²) in [5.41, 5.74) is -0.144. The van der Waals surface area contributed by atoms with Crippen LogP contribution in [0.15, 0.2) is 41.2 Å². The normalized spacial score (nSPS) is 10.3. The molecule has 0 atom stereocenters. The van der Waals surface area contributed by atoms with E-state index < -0.39 is 0 Å². The molecule has 0 saturated carbocycles. The van der Waals surface area contributed by atoms with E-state index in [2.05, 4.69) is 0 Å². The third kappa shape index (κ3) is 1.81. The molecule has 0 aliphatic heterocycles. The van der Waals surface area contributed by atoms with E-state index in [1.165, 1.54) is 13.2 Å². The fourth-order valence-electron chi connectivity index (χ4n) is 1.53. The Morgan fingerprint density at radius 2 is 2.00 bits per heavy atom. The van der Waals surface area contributed by atoms with Crippen molar-refractivity contribution in [2.75, 3.05) is 7.11 Å². The van der Waals surface area contributed by atoms with Crippen molar-refractivity contribution >= 4 is 22.4 Å². The van der Waals surface area contributed by atoms with Crippen LogP contribution in [0.4, 0.5) is 0 Å². The molecule has 0 unspecified atom stereocenters. The molecule has 2 aromatic rings. The van der Waals surface area contributed by atoms with E-state index in [4.69, 9.17) is 16.3 Å². The lowest BCUT2D eigenvalue weighted by Gasteiger charge is -2.00. The van der Waals surface area contributed by atoms with Gasteiger partial charge >= 0.3 is 0 Å². The summed E-state index contributed by atoms with van der Waals surface area (Å²) in [6, 6.07) is 10.4. The molecule has 0 radical (unpaired) electrons. The molecule has 15 heavy (non-hydrogen) atoms. The van der Waals surface area contributed by atoms with Gasteiger partial charge in [-0.3, -0.25) is 4.79 Å². The summed E-state index contributed by atoms with van der Waals surface area (Å²) in [4.78, 5) is 11.6. The van der Waals surface area contributed by atoms with Crippen molar-refractivity contribution < 1.29 is 4.74 Å². The zero-order chi connectivity index (χ0) is 10.8. The largest absolute Gasteiger partial charge is 0.492 e. The average molecular weight is 221 g/mol. The Balaban J connectivity index is 2.99. The number of hydrogen-bond donors (Lipinski definition) is 0. The predicted octanol–water partition coefficient (Wildman–Crippen LogP) is 2.86. The number of halogens is 1. The highest BCUT2D eigenvalue weighted by Crippen LogP contribution is 2.24. The molecule has 76 valence electrons. The fourth-order valence-corrected chi connectivity index (χ4v) is 1.70. The summed E-state index contributed by atoms with van der Waals surface area (Å²) in [6.45, 7) is 0. The third-order valence-corrected chi connectivity index (χ3v) is 2.45. The summed E-state index contributed by atoms with van der Waals surface area (Å²) in [5, 5.41) is 2.25. The first-order chi connectivity index (χ1) is 7.22. The molecule has 0 aliphatic carbocycles. The minimum absolute atomic E-state index is 0.144. The van der Waals surface area contributed by atoms with Gasteiger partial charge in [0, 0.05) is 10.4 Å². The van der Waals surface area contributed by atoms with Crippen LogP contribution in [-0.2, 0) is 0 Å². The Kier molecular flexibility index (Phi) is 2.60. The predicted molar refractivity (Wildman–Crippen MR) is 61.8 cm³/mol. The first-order valence-corrected chi connectivity index (χ1v) is 4.87. The first kappa shape index (κ1) is 9.99. The van der Waals surface area contributed by atoms with Gasteiger partial charge in [-0.25, -0.2) is 0 Å². The van der Waals surface area contributed by atoms with Gasteiger partial charge in [0.25, 0.3) is 0 Å². The molecule has 2 aromatic carbocycles. The molecule has 2 nitrogen and oxygen atoms in total. The van der Waals surface area contributed by atoms with E-state index in [9.17, 15) is 4.79 Å². The summed E-state index contributed by atoms with van der Waals surface area (Å²) in [7, 11) is 1.48. The van der Waals surface area contributed by atoms with Crippen LogP contribution in [0.3, 0.4) is 0 Å². The maximum Gasteiger partial charge on any atom is 0.220 e. The molecule has 3 heteroatoms. The minimum Gasteiger partial charge on any atom is -0.492 e. The molecule has 0 heterocycles. The van der Waals surface area contributed by atoms with Crippen LogP contribution >= 0.6 is 11.6 Å². The number of ether oxygens (including phenoxy) is 1. The minimum atomic E-state index is -0.144. The molecule has 2 rings (SSSR count). The summed E-state index contributed by atoms with van der Waals surface area (Å²) >= 11 is 5.89. The van der Waals surface area contributed by atoms with Crippen LogP contribution in [-0.4, -0.2) is 7.11 Å². The molecule has 0 aliphatic rings. The number of methoxy groups -OCH3 is 1. The highest BCUT2D eigenvalue weighted by molar-refractivity contribution is 6.31. The average Bonchev–Trinajstić information content (AvgIpc) is 2.36. The lowest BCUT2D eigenvalue weighted by atomic mass is 10.2. The third-order valence-electron chi connectivity index (χ3n) is 2.21. The topological polar surface area (TPSA) is 26.3 Å². The van der Waals surface area contributed by atoms with Gasteiger partial charge < -0.3 is 4.74 Å². The maximum absolute atomic E-state index is 11.6. The first-order valence-electron chi connectivity index (χ1n) is 4.49. The molecule has 0 spiro atoms. The van der Waals surface area contributed by atoms with E-state index in [0.717, 1.165) is 10.8 Å². The van der Waals surface area contributed by atoms with Crippen molar-refractivity contribution in [3.63, 3.8) is 0 Å². The zero-order valence-electron chi connectivity index (χ0n) is 8.16. The molecular formula is C12H9ClO2. The standard InChI is InChI=1S/C12H9ClO2/c1-15-12-10-7-9(13)6-5-8(10)3-2-4-11(12)14/h2-7H,1H3. The van der Waals surface area contributed by atoms with E-state index in [1.54, 1.807) is 18.2 Å². The lowest BCUT2D eigenvalue weighted by Crippen LogP contribution is -2.00. The molecule has 0 saturated heterocycles. The second kappa shape index (κ2) is 3.91. The Hall–Kier alpha value is -1.54. The van der Waals surface area contributed by atoms with Gasteiger partial charge in [0.15, 0.2) is 5.75 Å². The zero-order valence-corrected chi connectivity index (χ0v) is 8.91. The maximum atomic E-state index is 11.6. The van der Waals surface area contributed by atoms with Gasteiger partial charge in [-0.1, -0.05) is 29.8 Å². The Morgan fingerprint density at radius 1 is 1.20 bits per heavy atom. The smallest absolute Gasteiger partial charge is 0.220 e. The van der Waals surface area contributed by atoms with E-state index in [0.29, 0.717) is 10.8 Å². The molecule has 0 fully saturated rings. The van der Waals surface area contributed by atoms with Crippen LogP contribution in [0.5, 0.6) is 5.75 Å². The Labute approximate surface area is 92.1 Å². The van der Waals surface area contributed by atoms with Gasteiger partial charge in [-0.05, 0) is 23.6 Å². The van der Waals surface area contributed by atoms with Crippen LogP contribution in [0.1, 0.15) is 0 Å². The van der Waals surface area contributed by atoms with Gasteiger partial charge in [0.1, 0.15) is 0 Å². The molecule has 0 N–H and O–H groups in total. The van der Waals surface area contributed by atoms with Crippen molar-refractivity contribution in [1.29, 1.82) is 0 Å². The van der Waals surface area contributed by atoms with Crippen molar-refractivity contribution in [1.82, 2.24) is 0 Å². The van der Waals surface area contributed by atoms with Crippen molar-refractivity contribution in [3.05, 3.63) is 51.6 Å². The number of fused-ring (bicyclic) bond motifs is 1. The summed E-state index contributed by atoms with van der Waals surface area (Å²) in [5.74, 6) is 0.331. The Bertz CT molecular complexity index is 564. The number of hydrogen-bond acceptors (Lipinski definition) is 2. The van der Waals surface area contributed by atoms with Gasteiger partial charge in [0.05, 0.1) is 7.11 Å². The summed E-state index contributed by atoms with van der Waals surface area (Å²) < 4.78 is 5.10. The number of rotatable bonds is 1. The molecular weight excluding hydrogens is 212 g/mol. The highest BCUT2D eigenvalue weighted by Gasteiger charge is 2.03. The van der Waals surface area contributed by atoms with E-state index in [1.807, 2.05) is 12.1 Å². The van der Waals surface area contributed by atoms with Crippen LogP contribution in [0.2, 0.25) is 5.02 Å². The second-order valence-corrected chi connectivity index (χ2v) is 3.59. The van der Waals surface area contributed by atoms with E-state index in [-0.39, 0.29) is 5.43 Å².